The SMILES string of the molecule is C=C/C=C\[C@H](C)[C@H](OC(N)=O)[C@@H](C)[C@H](OC(C)=O)[C@@H](C)C/C(C)=C\[C@H](C)[C@@H](O)[C@@H](C)/C=C\[C@@H](O)C[C@@H]1OC(=O)[C@H](C)[C@@H](OC(C)=O)[C@H]1C. The molecule has 0 aliphatic carbocycles. The lowest BCUT2D eigenvalue weighted by Crippen LogP contribution is -2.49. The van der Waals surface area contributed by atoms with Crippen LogP contribution in [0.5, 0.6) is 0 Å². The fourth-order valence-corrected chi connectivity index (χ4v) is 6.59. The number of hydrogen-bond acceptors (Lipinski definition) is 10. The number of carbonyl (C=O) groups excluding carboxylic acids is 4. The molecule has 1 aliphatic heterocycles. The monoisotopic (exact) mass is 677 g/mol. The Hall–Kier alpha value is -3.44. The predicted octanol–water partition coefficient (Wildman–Crippen LogP) is 5.44. The van der Waals surface area contributed by atoms with Gasteiger partial charge in [-0.2, -0.15) is 0 Å². The van der Waals surface area contributed by atoms with E-state index in [9.17, 15) is 29.4 Å². The summed E-state index contributed by atoms with van der Waals surface area (Å²) in [5.74, 6) is -3.64. The summed E-state index contributed by atoms with van der Waals surface area (Å²) in [5.41, 5.74) is 6.36. The molecule has 1 fully saturated rings. The summed E-state index contributed by atoms with van der Waals surface area (Å²) >= 11 is 0. The molecular formula is C37H59NO10. The molecule has 0 aromatic carbocycles. The molecule has 0 spiro atoms. The molecule has 0 aromatic heterocycles. The Morgan fingerprint density at radius 2 is 1.54 bits per heavy atom. The second-order valence-electron chi connectivity index (χ2n) is 13.6. The zero-order valence-electron chi connectivity index (χ0n) is 30.3. The number of aliphatic hydroxyl groups is 2. The van der Waals surface area contributed by atoms with Gasteiger partial charge in [-0.25, -0.2) is 4.79 Å². The van der Waals surface area contributed by atoms with Crippen molar-refractivity contribution in [3.05, 3.63) is 48.6 Å². The van der Waals surface area contributed by atoms with Gasteiger partial charge in [-0.15, -0.1) is 0 Å². The number of ether oxygens (including phenoxy) is 4. The first-order valence-electron chi connectivity index (χ1n) is 16.8. The van der Waals surface area contributed by atoms with Crippen LogP contribution in [0.4, 0.5) is 4.79 Å². The van der Waals surface area contributed by atoms with E-state index in [1.807, 2.05) is 60.6 Å². The fraction of sp³-hybridized carbons (Fsp3) is 0.676. The Kier molecular flexibility index (Phi) is 17.9. The summed E-state index contributed by atoms with van der Waals surface area (Å²) in [4.78, 5) is 47.7. The van der Waals surface area contributed by atoms with Gasteiger partial charge >= 0.3 is 24.0 Å². The minimum absolute atomic E-state index is 0.125. The van der Waals surface area contributed by atoms with Crippen molar-refractivity contribution in [2.75, 3.05) is 0 Å². The van der Waals surface area contributed by atoms with E-state index in [1.165, 1.54) is 13.8 Å². The van der Waals surface area contributed by atoms with Crippen molar-refractivity contribution < 1.29 is 48.3 Å². The van der Waals surface area contributed by atoms with E-state index >= 15 is 0 Å². The first-order chi connectivity index (χ1) is 22.3. The lowest BCUT2D eigenvalue weighted by atomic mass is 9.81. The summed E-state index contributed by atoms with van der Waals surface area (Å²) in [6.45, 7) is 21.2. The van der Waals surface area contributed by atoms with Crippen molar-refractivity contribution in [1.29, 1.82) is 0 Å². The molecule has 0 radical (unpaired) electrons. The third-order valence-corrected chi connectivity index (χ3v) is 9.14. The molecule has 1 rings (SSSR count). The number of rotatable bonds is 18. The second-order valence-corrected chi connectivity index (χ2v) is 13.6. The lowest BCUT2D eigenvalue weighted by Gasteiger charge is -2.38. The van der Waals surface area contributed by atoms with Crippen LogP contribution < -0.4 is 5.73 Å². The fourth-order valence-electron chi connectivity index (χ4n) is 6.59. The summed E-state index contributed by atoms with van der Waals surface area (Å²) in [6, 6.07) is 0. The predicted molar refractivity (Wildman–Crippen MR) is 183 cm³/mol. The minimum Gasteiger partial charge on any atom is -0.462 e. The molecule has 272 valence electrons. The number of cyclic esters (lactones) is 1. The van der Waals surface area contributed by atoms with Gasteiger partial charge in [-0.3, -0.25) is 14.4 Å². The van der Waals surface area contributed by atoms with Crippen LogP contribution in [0.15, 0.2) is 48.6 Å². The van der Waals surface area contributed by atoms with Crippen molar-refractivity contribution in [2.24, 2.45) is 47.2 Å². The Morgan fingerprint density at radius 1 is 0.917 bits per heavy atom. The van der Waals surface area contributed by atoms with Crippen molar-refractivity contribution in [2.45, 2.75) is 119 Å². The molecule has 4 N–H and O–H groups in total. The zero-order chi connectivity index (χ0) is 36.9. The lowest BCUT2D eigenvalue weighted by molar-refractivity contribution is -0.188. The quantitative estimate of drug-likeness (QED) is 0.0734. The maximum absolute atomic E-state index is 12.4. The highest BCUT2D eigenvalue weighted by atomic mass is 16.6. The molecule has 1 saturated heterocycles. The maximum Gasteiger partial charge on any atom is 0.404 e. The van der Waals surface area contributed by atoms with E-state index in [0.717, 1.165) is 5.57 Å². The van der Waals surface area contributed by atoms with Crippen molar-refractivity contribution in [1.82, 2.24) is 0 Å². The van der Waals surface area contributed by atoms with Crippen molar-refractivity contribution >= 4 is 24.0 Å². The molecule has 48 heavy (non-hydrogen) atoms. The zero-order valence-corrected chi connectivity index (χ0v) is 30.3. The van der Waals surface area contributed by atoms with Crippen LogP contribution in [0.2, 0.25) is 0 Å². The van der Waals surface area contributed by atoms with Crippen molar-refractivity contribution in [3.8, 4) is 0 Å². The molecule has 0 unspecified atom stereocenters. The van der Waals surface area contributed by atoms with E-state index in [0.29, 0.717) is 6.42 Å². The van der Waals surface area contributed by atoms with Crippen LogP contribution in [-0.4, -0.2) is 70.8 Å². The topological polar surface area (TPSA) is 172 Å². The molecule has 1 aliphatic rings. The van der Waals surface area contributed by atoms with Gasteiger partial charge in [-0.05, 0) is 26.2 Å². The van der Waals surface area contributed by atoms with Crippen LogP contribution in [-0.2, 0) is 33.3 Å². The largest absolute Gasteiger partial charge is 0.462 e. The van der Waals surface area contributed by atoms with Gasteiger partial charge in [0.1, 0.15) is 24.4 Å². The summed E-state index contributed by atoms with van der Waals surface area (Å²) in [5, 5.41) is 21.8. The summed E-state index contributed by atoms with van der Waals surface area (Å²) < 4.78 is 22.1. The van der Waals surface area contributed by atoms with Crippen LogP contribution in [0, 0.1) is 41.4 Å². The van der Waals surface area contributed by atoms with E-state index in [1.54, 1.807) is 31.2 Å². The number of aliphatic hydroxyl groups excluding tert-OH is 2. The highest BCUT2D eigenvalue weighted by molar-refractivity contribution is 5.75. The van der Waals surface area contributed by atoms with Gasteiger partial charge in [0.05, 0.1) is 18.1 Å². The first kappa shape index (κ1) is 42.6. The standard InChI is InChI=1S/C37H59NO10/c1-12-13-14-22(4)33(48-37(38)44)26(8)34(45-28(10)39)24(6)18-20(2)17-23(5)32(42)21(3)15-16-30(41)19-31-25(7)35(46-29(11)40)27(9)36(43)47-31/h12-17,21-27,30-35,41-42H,1,18-19H2,2-11H3,(H2,38,44)/b14-13-,16-15-,20-17-/t21-,22-,23-,24-,25-,26+,27+,30+,31-,32-,33-,34+,35-/m0/s1. The number of esters is 3. The number of allylic oxidation sites excluding steroid dienone is 3. The van der Waals surface area contributed by atoms with E-state index in [-0.39, 0.29) is 41.9 Å². The summed E-state index contributed by atoms with van der Waals surface area (Å²) in [6.07, 6.45) is 6.06. The maximum atomic E-state index is 12.4. The Morgan fingerprint density at radius 3 is 2.08 bits per heavy atom. The van der Waals surface area contributed by atoms with Crippen molar-refractivity contribution in [3.63, 3.8) is 0 Å². The van der Waals surface area contributed by atoms with Gasteiger partial charge in [0, 0.05) is 49.9 Å². The van der Waals surface area contributed by atoms with Gasteiger partial charge in [0.15, 0.2) is 0 Å². The number of amides is 1. The second kappa shape index (κ2) is 20.2. The normalized spacial score (nSPS) is 25.9. The number of nitrogens with two attached hydrogens (primary N) is 1. The van der Waals surface area contributed by atoms with Gasteiger partial charge < -0.3 is 34.9 Å². The average Bonchev–Trinajstić information content (AvgIpc) is 2.99. The first-order valence-corrected chi connectivity index (χ1v) is 16.8. The number of primary amides is 1. The van der Waals surface area contributed by atoms with Crippen LogP contribution in [0.1, 0.15) is 82.1 Å². The average molecular weight is 678 g/mol. The van der Waals surface area contributed by atoms with Gasteiger partial charge in [-0.1, -0.05) is 90.2 Å². The molecule has 0 aromatic rings. The van der Waals surface area contributed by atoms with E-state index in [4.69, 9.17) is 24.7 Å². The highest BCUT2D eigenvalue weighted by Gasteiger charge is 2.44. The van der Waals surface area contributed by atoms with Crippen LogP contribution in [0.25, 0.3) is 0 Å². The number of hydrogen-bond donors (Lipinski definition) is 3. The smallest absolute Gasteiger partial charge is 0.404 e. The third kappa shape index (κ3) is 13.6. The van der Waals surface area contributed by atoms with Gasteiger partial charge in [0.2, 0.25) is 0 Å². The molecular weight excluding hydrogens is 618 g/mol. The molecule has 11 heteroatoms. The highest BCUT2D eigenvalue weighted by Crippen LogP contribution is 2.33. The Labute approximate surface area is 286 Å². The Bertz CT molecular complexity index is 1180. The summed E-state index contributed by atoms with van der Waals surface area (Å²) in [7, 11) is 0. The van der Waals surface area contributed by atoms with Gasteiger partial charge in [0.25, 0.3) is 0 Å². The molecule has 0 bridgehead atoms. The van der Waals surface area contributed by atoms with Crippen LogP contribution in [0.3, 0.4) is 0 Å². The van der Waals surface area contributed by atoms with E-state index in [2.05, 4.69) is 6.58 Å². The molecule has 0 saturated carbocycles. The Balaban J connectivity index is 2.96. The number of carbonyl (C=O) groups is 4. The van der Waals surface area contributed by atoms with E-state index < -0.39 is 66.5 Å². The minimum atomic E-state index is -0.947. The molecule has 1 amide bonds. The molecule has 13 atom stereocenters. The molecule has 11 nitrogen and oxygen atoms in total. The molecule has 1 heterocycles. The van der Waals surface area contributed by atoms with Crippen LogP contribution >= 0.6 is 0 Å². The third-order valence-electron chi connectivity index (χ3n) is 9.14.